The fourth-order valence-electron chi connectivity index (χ4n) is 3.14. The lowest BCUT2D eigenvalue weighted by atomic mass is 10.2. The van der Waals surface area contributed by atoms with Crippen molar-refractivity contribution < 1.29 is 4.79 Å². The molecule has 0 saturated carbocycles. The normalized spacial score (nSPS) is 17.0. The molecule has 0 aliphatic carbocycles. The van der Waals surface area contributed by atoms with Crippen molar-refractivity contribution in [2.75, 3.05) is 32.1 Å². The Hall–Kier alpha value is -2.48. The fraction of sp³-hybridized carbons (Fsp3) is 0.556. The number of hydrogen-bond acceptors (Lipinski definition) is 6. The van der Waals surface area contributed by atoms with E-state index in [4.69, 9.17) is 0 Å². The van der Waals surface area contributed by atoms with Gasteiger partial charge in [0.2, 0.25) is 5.82 Å². The van der Waals surface area contributed by atoms with Crippen LogP contribution in [0.1, 0.15) is 34.0 Å². The monoisotopic (exact) mass is 357 g/mol. The van der Waals surface area contributed by atoms with Crippen molar-refractivity contribution >= 4 is 11.7 Å². The molecule has 1 fully saturated rings. The Kier molecular flexibility index (Phi) is 5.22. The summed E-state index contributed by atoms with van der Waals surface area (Å²) < 4.78 is 1.81. The summed E-state index contributed by atoms with van der Waals surface area (Å²) in [5.41, 5.74) is 2.93. The highest BCUT2D eigenvalue weighted by Gasteiger charge is 2.26. The predicted molar refractivity (Wildman–Crippen MR) is 100 cm³/mol. The minimum atomic E-state index is -0.168. The van der Waals surface area contributed by atoms with Crippen LogP contribution in [0, 0.1) is 13.8 Å². The topological polar surface area (TPSA) is 79.2 Å². The van der Waals surface area contributed by atoms with Crippen molar-refractivity contribution in [2.24, 2.45) is 7.05 Å². The number of aryl methyl sites for hydroxylation is 2. The van der Waals surface area contributed by atoms with Crippen molar-refractivity contribution in [1.82, 2.24) is 30.0 Å². The van der Waals surface area contributed by atoms with Crippen LogP contribution in [0.4, 0.5) is 5.82 Å². The minimum absolute atomic E-state index is 0.168. The van der Waals surface area contributed by atoms with Crippen molar-refractivity contribution in [1.29, 1.82) is 0 Å². The maximum Gasteiger partial charge on any atom is 0.291 e. The molecule has 0 spiro atoms. The zero-order valence-corrected chi connectivity index (χ0v) is 16.2. The number of anilines is 1. The van der Waals surface area contributed by atoms with Gasteiger partial charge in [-0.1, -0.05) is 0 Å². The third kappa shape index (κ3) is 3.85. The smallest absolute Gasteiger partial charge is 0.291 e. The average Bonchev–Trinajstić information content (AvgIpc) is 3.23. The van der Waals surface area contributed by atoms with E-state index in [1.165, 1.54) is 4.90 Å². The highest BCUT2D eigenvalue weighted by atomic mass is 16.2. The molecule has 3 rings (SSSR count). The van der Waals surface area contributed by atoms with E-state index in [2.05, 4.69) is 25.3 Å². The van der Waals surface area contributed by atoms with E-state index in [1.807, 2.05) is 37.8 Å². The first-order valence-electron chi connectivity index (χ1n) is 8.89. The van der Waals surface area contributed by atoms with Crippen LogP contribution in [-0.4, -0.2) is 63.8 Å². The number of carbonyl (C=O) groups excluding carboxylic acids is 1. The van der Waals surface area contributed by atoms with Gasteiger partial charge in [-0.15, -0.1) is 0 Å². The van der Waals surface area contributed by atoms with Crippen molar-refractivity contribution in [3.05, 3.63) is 35.0 Å². The number of amides is 1. The second kappa shape index (κ2) is 7.41. The van der Waals surface area contributed by atoms with Crippen LogP contribution in [0.15, 0.2) is 12.3 Å². The molecule has 1 atom stereocenters. The van der Waals surface area contributed by atoms with Gasteiger partial charge >= 0.3 is 0 Å². The van der Waals surface area contributed by atoms with Crippen LogP contribution in [0.2, 0.25) is 0 Å². The van der Waals surface area contributed by atoms with Gasteiger partial charge in [0, 0.05) is 64.3 Å². The van der Waals surface area contributed by atoms with Crippen LogP contribution < -0.4 is 10.2 Å². The van der Waals surface area contributed by atoms with Gasteiger partial charge in [0.05, 0.1) is 5.69 Å². The third-order valence-corrected chi connectivity index (χ3v) is 4.79. The standard InChI is InChI=1S/C18H27N7O/c1-12-13(2)20-16(18(26)23(3)4)21-17(12)25-9-7-15(11-25)19-10-14-6-8-24(5)22-14/h6,8,15,19H,7,9-11H2,1-5H3/t15-/m1/s1. The highest BCUT2D eigenvalue weighted by Crippen LogP contribution is 2.24. The molecule has 1 saturated heterocycles. The quantitative estimate of drug-likeness (QED) is 0.856. The average molecular weight is 357 g/mol. The van der Waals surface area contributed by atoms with E-state index in [1.54, 1.807) is 14.1 Å². The van der Waals surface area contributed by atoms with Gasteiger partial charge in [-0.3, -0.25) is 9.48 Å². The van der Waals surface area contributed by atoms with Crippen LogP contribution in [-0.2, 0) is 13.6 Å². The molecule has 0 unspecified atom stereocenters. The molecule has 1 N–H and O–H groups in total. The lowest BCUT2D eigenvalue weighted by Crippen LogP contribution is -2.33. The van der Waals surface area contributed by atoms with Gasteiger partial charge < -0.3 is 15.1 Å². The van der Waals surface area contributed by atoms with Crippen molar-refractivity contribution in [2.45, 2.75) is 32.9 Å². The van der Waals surface area contributed by atoms with E-state index in [0.717, 1.165) is 48.8 Å². The zero-order chi connectivity index (χ0) is 18.8. The van der Waals surface area contributed by atoms with Crippen LogP contribution >= 0.6 is 0 Å². The van der Waals surface area contributed by atoms with E-state index < -0.39 is 0 Å². The number of hydrogen-bond donors (Lipinski definition) is 1. The molecule has 26 heavy (non-hydrogen) atoms. The minimum Gasteiger partial charge on any atom is -0.355 e. The fourth-order valence-corrected chi connectivity index (χ4v) is 3.14. The summed E-state index contributed by atoms with van der Waals surface area (Å²) in [6.07, 6.45) is 2.99. The van der Waals surface area contributed by atoms with Gasteiger partial charge in [0.15, 0.2) is 0 Å². The van der Waals surface area contributed by atoms with Gasteiger partial charge in [-0.25, -0.2) is 9.97 Å². The first-order chi connectivity index (χ1) is 12.3. The van der Waals surface area contributed by atoms with Crippen LogP contribution in [0.25, 0.3) is 0 Å². The summed E-state index contributed by atoms with van der Waals surface area (Å²) in [5.74, 6) is 0.959. The molecule has 1 amide bonds. The molecule has 8 heteroatoms. The Morgan fingerprint density at radius 1 is 1.35 bits per heavy atom. The van der Waals surface area contributed by atoms with Gasteiger partial charge in [-0.05, 0) is 26.3 Å². The van der Waals surface area contributed by atoms with E-state index in [9.17, 15) is 4.79 Å². The Morgan fingerprint density at radius 3 is 2.77 bits per heavy atom. The summed E-state index contributed by atoms with van der Waals surface area (Å²) in [4.78, 5) is 25.0. The molecule has 2 aromatic heterocycles. The molecule has 3 heterocycles. The molecule has 0 radical (unpaired) electrons. The molecular weight excluding hydrogens is 330 g/mol. The van der Waals surface area contributed by atoms with Crippen LogP contribution in [0.3, 0.4) is 0 Å². The molecule has 0 aromatic carbocycles. The summed E-state index contributed by atoms with van der Waals surface area (Å²) in [5, 5.41) is 7.96. The Morgan fingerprint density at radius 2 is 2.12 bits per heavy atom. The van der Waals surface area contributed by atoms with E-state index in [0.29, 0.717) is 6.04 Å². The molecular formula is C18H27N7O. The Labute approximate surface area is 154 Å². The lowest BCUT2D eigenvalue weighted by Gasteiger charge is -2.22. The molecule has 0 bridgehead atoms. The third-order valence-electron chi connectivity index (χ3n) is 4.79. The van der Waals surface area contributed by atoms with E-state index >= 15 is 0 Å². The van der Waals surface area contributed by atoms with Gasteiger partial charge in [-0.2, -0.15) is 5.10 Å². The zero-order valence-electron chi connectivity index (χ0n) is 16.2. The maximum absolute atomic E-state index is 12.3. The second-order valence-electron chi connectivity index (χ2n) is 7.07. The SMILES string of the molecule is Cc1nc(C(=O)N(C)C)nc(N2CC[C@@H](NCc3ccn(C)n3)C2)c1C. The molecule has 8 nitrogen and oxygen atoms in total. The molecule has 140 valence electrons. The molecule has 2 aromatic rings. The van der Waals surface area contributed by atoms with Crippen LogP contribution in [0.5, 0.6) is 0 Å². The first kappa shape index (κ1) is 18.3. The number of rotatable bonds is 5. The number of aromatic nitrogens is 4. The summed E-state index contributed by atoms with van der Waals surface area (Å²) in [6, 6.07) is 2.40. The second-order valence-corrected chi connectivity index (χ2v) is 7.07. The predicted octanol–water partition coefficient (Wildman–Crippen LogP) is 0.897. The summed E-state index contributed by atoms with van der Waals surface area (Å²) >= 11 is 0. The van der Waals surface area contributed by atoms with Gasteiger partial charge in [0.25, 0.3) is 5.91 Å². The number of nitrogens with one attached hydrogen (secondary N) is 1. The highest BCUT2D eigenvalue weighted by molar-refractivity contribution is 5.90. The Balaban J connectivity index is 1.70. The van der Waals surface area contributed by atoms with Crippen molar-refractivity contribution in [3.63, 3.8) is 0 Å². The first-order valence-corrected chi connectivity index (χ1v) is 8.89. The largest absolute Gasteiger partial charge is 0.355 e. The van der Waals surface area contributed by atoms with E-state index in [-0.39, 0.29) is 11.7 Å². The maximum atomic E-state index is 12.3. The molecule has 1 aliphatic heterocycles. The lowest BCUT2D eigenvalue weighted by molar-refractivity contribution is 0.0815. The number of carbonyl (C=O) groups is 1. The van der Waals surface area contributed by atoms with Crippen molar-refractivity contribution in [3.8, 4) is 0 Å². The Bertz CT molecular complexity index is 799. The van der Waals surface area contributed by atoms with Gasteiger partial charge in [0.1, 0.15) is 5.82 Å². The molecule has 1 aliphatic rings. The summed E-state index contributed by atoms with van der Waals surface area (Å²) in [6.45, 7) is 6.47. The number of nitrogens with zero attached hydrogens (tertiary/aromatic N) is 6. The summed E-state index contributed by atoms with van der Waals surface area (Å²) in [7, 11) is 5.36.